The molecule has 0 spiro atoms. The Kier molecular flexibility index (Phi) is 11.7. The zero-order valence-electron chi connectivity index (χ0n) is 32.7. The van der Waals surface area contributed by atoms with Gasteiger partial charge in [-0.25, -0.2) is 17.8 Å². The molecule has 0 aliphatic carbocycles. The summed E-state index contributed by atoms with van der Waals surface area (Å²) in [5.74, 6) is -1.06. The normalized spacial score (nSPS) is 12.7. The van der Waals surface area contributed by atoms with Gasteiger partial charge in [-0.2, -0.15) is 5.10 Å². The van der Waals surface area contributed by atoms with E-state index in [0.717, 1.165) is 29.4 Å². The standard InChI is InChI=1S/C45H44ClN5O6S/c1-5-6-24-50(36-17-19-37(20-18-36)57-29(2)3)45(54)42-41(46)30(4)51(47-42)40-22-16-34(27-39(40)44(53)49-25-23-32-12-8-10-14-35(32)28-49)43(52)48-58(55,56)38-21-15-31-11-7-9-13-33(31)26-38/h7-22,26-27,29H,5-6,23-25,28H2,1-4H3,(H,48,52). The minimum Gasteiger partial charge on any atom is -0.491 e. The largest absolute Gasteiger partial charge is 0.491 e. The third-order valence-electron chi connectivity index (χ3n) is 10.1. The predicted molar refractivity (Wildman–Crippen MR) is 226 cm³/mol. The number of amides is 3. The molecule has 5 aromatic carbocycles. The summed E-state index contributed by atoms with van der Waals surface area (Å²) in [6, 6.07) is 31.4. The van der Waals surface area contributed by atoms with Crippen molar-refractivity contribution in [2.75, 3.05) is 18.0 Å². The lowest BCUT2D eigenvalue weighted by atomic mass is 9.98. The predicted octanol–water partition coefficient (Wildman–Crippen LogP) is 8.54. The fraction of sp³-hybridized carbons (Fsp3) is 0.244. The third-order valence-corrected chi connectivity index (χ3v) is 11.9. The van der Waals surface area contributed by atoms with Crippen LogP contribution < -0.4 is 14.4 Å². The highest BCUT2D eigenvalue weighted by molar-refractivity contribution is 7.90. The minimum atomic E-state index is -4.29. The lowest BCUT2D eigenvalue weighted by molar-refractivity contribution is 0.0734. The molecule has 1 aliphatic heterocycles. The van der Waals surface area contributed by atoms with Crippen molar-refractivity contribution in [2.45, 2.75) is 64.5 Å². The summed E-state index contributed by atoms with van der Waals surface area (Å²) in [5.41, 5.74) is 3.48. The number of rotatable bonds is 12. The topological polar surface area (TPSA) is 131 Å². The van der Waals surface area contributed by atoms with Gasteiger partial charge in [0.1, 0.15) is 5.75 Å². The molecule has 0 saturated heterocycles. The number of benzene rings is 5. The number of nitrogens with zero attached hydrogens (tertiary/aromatic N) is 4. The first-order valence-corrected chi connectivity index (χ1v) is 21.1. The quantitative estimate of drug-likeness (QED) is 0.131. The van der Waals surface area contributed by atoms with Gasteiger partial charge < -0.3 is 14.5 Å². The van der Waals surface area contributed by atoms with E-state index in [1.807, 2.05) is 81.4 Å². The summed E-state index contributed by atoms with van der Waals surface area (Å²) in [4.78, 5) is 45.9. The summed E-state index contributed by atoms with van der Waals surface area (Å²) in [6.07, 6.45) is 2.19. The number of sulfonamides is 1. The average Bonchev–Trinajstić information content (AvgIpc) is 3.52. The Morgan fingerprint density at radius 2 is 1.60 bits per heavy atom. The first-order chi connectivity index (χ1) is 27.8. The zero-order valence-corrected chi connectivity index (χ0v) is 34.3. The Bertz CT molecular complexity index is 2640. The smallest absolute Gasteiger partial charge is 0.280 e. The van der Waals surface area contributed by atoms with Crippen molar-refractivity contribution >= 4 is 55.8 Å². The van der Waals surface area contributed by atoms with Crippen LogP contribution in [-0.4, -0.2) is 60.0 Å². The van der Waals surface area contributed by atoms with E-state index >= 15 is 0 Å². The molecular formula is C45H44ClN5O6S. The van der Waals surface area contributed by atoms with Crippen LogP contribution in [0.4, 0.5) is 5.69 Å². The molecule has 58 heavy (non-hydrogen) atoms. The Balaban J connectivity index is 1.25. The molecule has 1 N–H and O–H groups in total. The SMILES string of the molecule is CCCCN(C(=O)c1nn(-c2ccc(C(=O)NS(=O)(=O)c3ccc4ccccc4c3)cc2C(=O)N2CCc3ccccc3C2)c(C)c1Cl)c1ccc(OC(C)C)cc1. The molecule has 13 heteroatoms. The number of hydrogen-bond donors (Lipinski definition) is 1. The number of aromatic nitrogens is 2. The molecule has 0 atom stereocenters. The monoisotopic (exact) mass is 817 g/mol. The molecule has 3 amide bonds. The van der Waals surface area contributed by atoms with E-state index in [1.165, 1.54) is 35.0 Å². The van der Waals surface area contributed by atoms with Gasteiger partial charge in [-0.3, -0.25) is 14.4 Å². The van der Waals surface area contributed by atoms with Crippen LogP contribution >= 0.6 is 11.6 Å². The van der Waals surface area contributed by atoms with E-state index in [9.17, 15) is 22.8 Å². The van der Waals surface area contributed by atoms with Crippen LogP contribution in [0.25, 0.3) is 16.5 Å². The van der Waals surface area contributed by atoms with Crippen LogP contribution in [0.3, 0.4) is 0 Å². The number of carbonyl (C=O) groups is 3. The van der Waals surface area contributed by atoms with Crippen LogP contribution in [0.1, 0.15) is 81.6 Å². The van der Waals surface area contributed by atoms with Gasteiger partial charge in [0.05, 0.1) is 33.0 Å². The Morgan fingerprint density at radius 1 is 0.897 bits per heavy atom. The maximum Gasteiger partial charge on any atom is 0.280 e. The second kappa shape index (κ2) is 16.9. The molecule has 1 aliphatic rings. The lowest BCUT2D eigenvalue weighted by Crippen LogP contribution is -2.37. The minimum absolute atomic E-state index is 0.00799. The average molecular weight is 818 g/mol. The molecule has 1 aromatic heterocycles. The summed E-state index contributed by atoms with van der Waals surface area (Å²) in [7, 11) is -4.29. The van der Waals surface area contributed by atoms with Crippen molar-refractivity contribution in [3.05, 3.63) is 148 Å². The molecule has 6 aromatic rings. The van der Waals surface area contributed by atoms with Gasteiger partial charge in [0.2, 0.25) is 0 Å². The highest BCUT2D eigenvalue weighted by Gasteiger charge is 2.30. The number of carbonyl (C=O) groups excluding carboxylic acids is 3. The summed E-state index contributed by atoms with van der Waals surface area (Å²) in [5, 5.41) is 6.38. The number of halogens is 1. The fourth-order valence-electron chi connectivity index (χ4n) is 7.07. The molecule has 0 unspecified atom stereocenters. The molecule has 7 rings (SSSR count). The lowest BCUT2D eigenvalue weighted by Gasteiger charge is -2.29. The van der Waals surface area contributed by atoms with Gasteiger partial charge in [-0.1, -0.05) is 79.5 Å². The molecule has 298 valence electrons. The second-order valence-electron chi connectivity index (χ2n) is 14.6. The molecule has 0 radical (unpaired) electrons. The van der Waals surface area contributed by atoms with Crippen LogP contribution in [-0.2, 0) is 23.0 Å². The van der Waals surface area contributed by atoms with Gasteiger partial charge in [-0.05, 0) is 110 Å². The van der Waals surface area contributed by atoms with E-state index in [2.05, 4.69) is 4.72 Å². The van der Waals surface area contributed by atoms with E-state index in [0.29, 0.717) is 48.6 Å². The number of fused-ring (bicyclic) bond motifs is 2. The van der Waals surface area contributed by atoms with Crippen molar-refractivity contribution in [1.82, 2.24) is 19.4 Å². The van der Waals surface area contributed by atoms with Crippen molar-refractivity contribution in [2.24, 2.45) is 0 Å². The molecule has 11 nitrogen and oxygen atoms in total. The molecule has 0 saturated carbocycles. The van der Waals surface area contributed by atoms with Crippen LogP contribution in [0.2, 0.25) is 5.02 Å². The highest BCUT2D eigenvalue weighted by atomic mass is 35.5. The van der Waals surface area contributed by atoms with Crippen LogP contribution in [0, 0.1) is 6.92 Å². The van der Waals surface area contributed by atoms with Crippen LogP contribution in [0.5, 0.6) is 5.75 Å². The number of ether oxygens (including phenoxy) is 1. The Morgan fingerprint density at radius 3 is 2.33 bits per heavy atom. The van der Waals surface area contributed by atoms with Crippen molar-refractivity contribution < 1.29 is 27.5 Å². The number of nitrogens with one attached hydrogen (secondary N) is 1. The Hall–Kier alpha value is -5.98. The number of hydrogen-bond acceptors (Lipinski definition) is 7. The van der Waals surface area contributed by atoms with Crippen LogP contribution in [0.15, 0.2) is 114 Å². The van der Waals surface area contributed by atoms with E-state index in [-0.39, 0.29) is 38.5 Å². The first-order valence-electron chi connectivity index (χ1n) is 19.2. The Labute approximate surface area is 343 Å². The summed E-state index contributed by atoms with van der Waals surface area (Å²) >= 11 is 6.92. The van der Waals surface area contributed by atoms with Crippen molar-refractivity contribution in [3.8, 4) is 11.4 Å². The van der Waals surface area contributed by atoms with Gasteiger partial charge in [0, 0.05) is 30.9 Å². The van der Waals surface area contributed by atoms with Gasteiger partial charge in [0.25, 0.3) is 27.7 Å². The number of unbranched alkanes of at least 4 members (excludes halogenated alkanes) is 1. The highest BCUT2D eigenvalue weighted by Crippen LogP contribution is 2.31. The van der Waals surface area contributed by atoms with Crippen molar-refractivity contribution in [3.63, 3.8) is 0 Å². The van der Waals surface area contributed by atoms with Gasteiger partial charge in [-0.15, -0.1) is 0 Å². The zero-order chi connectivity index (χ0) is 41.1. The molecule has 0 bridgehead atoms. The van der Waals surface area contributed by atoms with Gasteiger partial charge in [0.15, 0.2) is 5.69 Å². The number of anilines is 1. The molecule has 2 heterocycles. The summed E-state index contributed by atoms with van der Waals surface area (Å²) < 4.78 is 36.4. The summed E-state index contributed by atoms with van der Waals surface area (Å²) in [6.45, 7) is 8.77. The van der Waals surface area contributed by atoms with E-state index < -0.39 is 27.7 Å². The van der Waals surface area contributed by atoms with E-state index in [4.69, 9.17) is 21.4 Å². The first kappa shape index (κ1) is 40.2. The second-order valence-corrected chi connectivity index (χ2v) is 16.6. The molecule has 0 fully saturated rings. The third kappa shape index (κ3) is 8.34. The fourth-order valence-corrected chi connectivity index (χ4v) is 8.28. The van der Waals surface area contributed by atoms with Gasteiger partial charge >= 0.3 is 0 Å². The molecular weight excluding hydrogens is 774 g/mol. The van der Waals surface area contributed by atoms with E-state index in [1.54, 1.807) is 34.9 Å². The maximum atomic E-state index is 14.6. The maximum absolute atomic E-state index is 14.6. The van der Waals surface area contributed by atoms with Crippen molar-refractivity contribution in [1.29, 1.82) is 0 Å².